The van der Waals surface area contributed by atoms with Gasteiger partial charge in [0, 0.05) is 19.6 Å². The fraction of sp³-hybridized carbons (Fsp3) is 0.857. The van der Waals surface area contributed by atoms with Gasteiger partial charge in [-0.25, -0.2) is 0 Å². The molecule has 1 amide bonds. The maximum Gasteiger partial charge on any atom is 0.325 e. The monoisotopic (exact) mass is 284 g/mol. The molecule has 2 rings (SSSR count). The SMILES string of the molecule is COC(=O)C1COCCN1CC(=O)N1CCCCCC1. The van der Waals surface area contributed by atoms with Crippen molar-refractivity contribution in [1.29, 1.82) is 0 Å². The summed E-state index contributed by atoms with van der Waals surface area (Å²) in [5, 5.41) is 0. The van der Waals surface area contributed by atoms with Crippen LogP contribution >= 0.6 is 0 Å². The minimum atomic E-state index is -0.454. The van der Waals surface area contributed by atoms with Crippen molar-refractivity contribution < 1.29 is 19.1 Å². The first-order chi connectivity index (χ1) is 9.72. The van der Waals surface area contributed by atoms with Gasteiger partial charge >= 0.3 is 5.97 Å². The Kier molecular flexibility index (Phi) is 5.79. The van der Waals surface area contributed by atoms with E-state index in [4.69, 9.17) is 9.47 Å². The van der Waals surface area contributed by atoms with E-state index in [9.17, 15) is 9.59 Å². The lowest BCUT2D eigenvalue weighted by molar-refractivity contribution is -0.154. The Morgan fingerprint density at radius 3 is 2.50 bits per heavy atom. The van der Waals surface area contributed by atoms with Gasteiger partial charge in [-0.2, -0.15) is 0 Å². The van der Waals surface area contributed by atoms with Gasteiger partial charge in [0.25, 0.3) is 0 Å². The van der Waals surface area contributed by atoms with Gasteiger partial charge in [-0.3, -0.25) is 14.5 Å². The molecular weight excluding hydrogens is 260 g/mol. The second-order valence-electron chi connectivity index (χ2n) is 5.38. The average Bonchev–Trinajstić information content (AvgIpc) is 2.76. The fourth-order valence-electron chi connectivity index (χ4n) is 2.77. The van der Waals surface area contributed by atoms with Crippen LogP contribution in [0.2, 0.25) is 0 Å². The van der Waals surface area contributed by atoms with Crippen molar-refractivity contribution >= 4 is 11.9 Å². The van der Waals surface area contributed by atoms with E-state index >= 15 is 0 Å². The van der Waals surface area contributed by atoms with Crippen molar-refractivity contribution in [2.75, 3.05) is 46.5 Å². The molecule has 0 N–H and O–H groups in total. The van der Waals surface area contributed by atoms with Gasteiger partial charge in [-0.05, 0) is 12.8 Å². The molecule has 0 aliphatic carbocycles. The first kappa shape index (κ1) is 15.3. The van der Waals surface area contributed by atoms with Gasteiger partial charge in [-0.15, -0.1) is 0 Å². The first-order valence-corrected chi connectivity index (χ1v) is 7.40. The van der Waals surface area contributed by atoms with Crippen LogP contribution in [0.25, 0.3) is 0 Å². The van der Waals surface area contributed by atoms with Crippen molar-refractivity contribution in [3.63, 3.8) is 0 Å². The van der Waals surface area contributed by atoms with Crippen LogP contribution in [-0.4, -0.2) is 74.2 Å². The number of nitrogens with zero attached hydrogens (tertiary/aromatic N) is 2. The molecule has 2 aliphatic heterocycles. The summed E-state index contributed by atoms with van der Waals surface area (Å²) in [5.41, 5.74) is 0. The predicted octanol–water partition coefficient (Wildman–Crippen LogP) is 0.263. The van der Waals surface area contributed by atoms with Gasteiger partial charge in [0.15, 0.2) is 0 Å². The summed E-state index contributed by atoms with van der Waals surface area (Å²) in [5.74, 6) is -0.212. The molecule has 6 heteroatoms. The number of carbonyl (C=O) groups is 2. The molecule has 0 aromatic carbocycles. The van der Waals surface area contributed by atoms with E-state index in [0.717, 1.165) is 25.9 Å². The Bertz CT molecular complexity index is 340. The van der Waals surface area contributed by atoms with E-state index in [-0.39, 0.29) is 18.4 Å². The van der Waals surface area contributed by atoms with Crippen molar-refractivity contribution in [2.45, 2.75) is 31.7 Å². The number of methoxy groups -OCH3 is 1. The maximum atomic E-state index is 12.4. The lowest BCUT2D eigenvalue weighted by Gasteiger charge is -2.34. The van der Waals surface area contributed by atoms with Crippen LogP contribution in [0.5, 0.6) is 0 Å². The molecule has 0 bridgehead atoms. The standard InChI is InChI=1S/C14H24N2O4/c1-19-14(18)12-11-20-9-8-16(12)10-13(17)15-6-4-2-3-5-7-15/h12H,2-11H2,1H3. The number of ether oxygens (including phenoxy) is 2. The van der Waals surface area contributed by atoms with Crippen LogP contribution in [0.4, 0.5) is 0 Å². The van der Waals surface area contributed by atoms with Crippen LogP contribution < -0.4 is 0 Å². The number of amides is 1. The molecule has 0 aromatic rings. The van der Waals surface area contributed by atoms with Gasteiger partial charge in [-0.1, -0.05) is 12.8 Å². The number of rotatable bonds is 3. The van der Waals surface area contributed by atoms with Crippen LogP contribution in [-0.2, 0) is 19.1 Å². The first-order valence-electron chi connectivity index (χ1n) is 7.40. The molecule has 20 heavy (non-hydrogen) atoms. The number of morpholine rings is 1. The van der Waals surface area contributed by atoms with Gasteiger partial charge in [0.2, 0.25) is 5.91 Å². The molecule has 1 atom stereocenters. The van der Waals surface area contributed by atoms with Crippen LogP contribution in [0.15, 0.2) is 0 Å². The second kappa shape index (κ2) is 7.59. The Morgan fingerprint density at radius 1 is 1.15 bits per heavy atom. The molecule has 114 valence electrons. The smallest absolute Gasteiger partial charge is 0.325 e. The summed E-state index contributed by atoms with van der Waals surface area (Å²) in [7, 11) is 1.37. The van der Waals surface area contributed by atoms with Crippen LogP contribution in [0.3, 0.4) is 0 Å². The molecule has 0 radical (unpaired) electrons. The fourth-order valence-corrected chi connectivity index (χ4v) is 2.77. The van der Waals surface area contributed by atoms with Crippen LogP contribution in [0.1, 0.15) is 25.7 Å². The zero-order valence-corrected chi connectivity index (χ0v) is 12.2. The normalized spacial score (nSPS) is 25.1. The third kappa shape index (κ3) is 3.93. The lowest BCUT2D eigenvalue weighted by atomic mass is 10.2. The Labute approximate surface area is 120 Å². The summed E-state index contributed by atoms with van der Waals surface area (Å²) in [6.45, 7) is 3.42. The van der Waals surface area contributed by atoms with Crippen LogP contribution in [0, 0.1) is 0 Å². The Balaban J connectivity index is 1.91. The predicted molar refractivity (Wildman–Crippen MR) is 73.2 cm³/mol. The summed E-state index contributed by atoms with van der Waals surface area (Å²) < 4.78 is 10.1. The highest BCUT2D eigenvalue weighted by Crippen LogP contribution is 2.13. The van der Waals surface area contributed by atoms with Crippen molar-refractivity contribution in [2.24, 2.45) is 0 Å². The molecule has 0 spiro atoms. The molecule has 0 aromatic heterocycles. The molecule has 2 fully saturated rings. The third-order valence-electron chi connectivity index (χ3n) is 4.01. The number of hydrogen-bond donors (Lipinski definition) is 0. The van der Waals surface area contributed by atoms with E-state index in [1.165, 1.54) is 20.0 Å². The van der Waals surface area contributed by atoms with Crippen molar-refractivity contribution in [3.05, 3.63) is 0 Å². The Hall–Kier alpha value is -1.14. The zero-order valence-electron chi connectivity index (χ0n) is 12.2. The molecule has 0 saturated carbocycles. The lowest BCUT2D eigenvalue weighted by Crippen LogP contribution is -2.54. The van der Waals surface area contributed by atoms with Crippen molar-refractivity contribution in [3.8, 4) is 0 Å². The maximum absolute atomic E-state index is 12.4. The minimum Gasteiger partial charge on any atom is -0.468 e. The highest BCUT2D eigenvalue weighted by Gasteiger charge is 2.32. The average molecular weight is 284 g/mol. The molecule has 6 nitrogen and oxygen atoms in total. The summed E-state index contributed by atoms with van der Waals surface area (Å²) in [6.07, 6.45) is 4.56. The molecule has 2 heterocycles. The van der Waals surface area contributed by atoms with E-state index in [1.54, 1.807) is 0 Å². The number of carbonyl (C=O) groups excluding carboxylic acids is 2. The quantitative estimate of drug-likeness (QED) is 0.696. The number of esters is 1. The zero-order chi connectivity index (χ0) is 14.4. The largest absolute Gasteiger partial charge is 0.468 e. The van der Waals surface area contributed by atoms with Crippen molar-refractivity contribution in [1.82, 2.24) is 9.80 Å². The number of hydrogen-bond acceptors (Lipinski definition) is 5. The van der Waals surface area contributed by atoms with E-state index in [2.05, 4.69) is 0 Å². The summed E-state index contributed by atoms with van der Waals surface area (Å²) >= 11 is 0. The highest BCUT2D eigenvalue weighted by atomic mass is 16.5. The van der Waals surface area contributed by atoms with E-state index in [1.807, 2.05) is 9.80 Å². The topological polar surface area (TPSA) is 59.1 Å². The van der Waals surface area contributed by atoms with Gasteiger partial charge in [0.1, 0.15) is 6.04 Å². The van der Waals surface area contributed by atoms with Gasteiger partial charge in [0.05, 0.1) is 26.9 Å². The number of likely N-dealkylation sites (tertiary alicyclic amines) is 1. The third-order valence-corrected chi connectivity index (χ3v) is 4.01. The van der Waals surface area contributed by atoms with E-state index < -0.39 is 6.04 Å². The highest BCUT2D eigenvalue weighted by molar-refractivity contribution is 5.80. The second-order valence-corrected chi connectivity index (χ2v) is 5.38. The van der Waals surface area contributed by atoms with E-state index in [0.29, 0.717) is 19.8 Å². The molecule has 2 saturated heterocycles. The molecule has 1 unspecified atom stereocenters. The van der Waals surface area contributed by atoms with Gasteiger partial charge < -0.3 is 14.4 Å². The molecule has 2 aliphatic rings. The minimum absolute atomic E-state index is 0.114. The summed E-state index contributed by atoms with van der Waals surface area (Å²) in [4.78, 5) is 27.9. The molecular formula is C14H24N2O4. The Morgan fingerprint density at radius 2 is 1.85 bits per heavy atom. The summed E-state index contributed by atoms with van der Waals surface area (Å²) in [6, 6.07) is -0.454.